The lowest BCUT2D eigenvalue weighted by Gasteiger charge is -2.15. The molecule has 16 heavy (non-hydrogen) atoms. The molecule has 1 unspecified atom stereocenters. The zero-order valence-corrected chi connectivity index (χ0v) is 9.32. The van der Waals surface area contributed by atoms with Crippen molar-refractivity contribution in [3.05, 3.63) is 34.4 Å². The SMILES string of the molecule is Cc1cc(C#N)cc(C(CN)C(=O)O)c1C. The molecule has 84 valence electrons. The molecular weight excluding hydrogens is 204 g/mol. The van der Waals surface area contributed by atoms with E-state index in [1.807, 2.05) is 19.9 Å². The molecule has 0 aromatic heterocycles. The average Bonchev–Trinajstić information content (AvgIpc) is 2.24. The number of carbonyl (C=O) groups is 1. The van der Waals surface area contributed by atoms with Crippen LogP contribution < -0.4 is 5.73 Å². The van der Waals surface area contributed by atoms with Gasteiger partial charge in [-0.15, -0.1) is 0 Å². The van der Waals surface area contributed by atoms with E-state index in [0.717, 1.165) is 11.1 Å². The summed E-state index contributed by atoms with van der Waals surface area (Å²) in [5.41, 5.74) is 8.35. The maximum atomic E-state index is 11.0. The monoisotopic (exact) mass is 218 g/mol. The Labute approximate surface area is 94.3 Å². The van der Waals surface area contributed by atoms with Crippen molar-refractivity contribution in [2.45, 2.75) is 19.8 Å². The van der Waals surface area contributed by atoms with Crippen LogP contribution in [0.4, 0.5) is 0 Å². The number of nitriles is 1. The van der Waals surface area contributed by atoms with E-state index in [-0.39, 0.29) is 6.54 Å². The minimum atomic E-state index is -0.958. The number of carboxylic acid groups (broad SMARTS) is 1. The Bertz CT molecular complexity index is 461. The molecule has 1 atom stereocenters. The van der Waals surface area contributed by atoms with E-state index in [2.05, 4.69) is 0 Å². The van der Waals surface area contributed by atoms with Crippen LogP contribution in [0.3, 0.4) is 0 Å². The number of rotatable bonds is 3. The van der Waals surface area contributed by atoms with Crippen LogP contribution in [0.15, 0.2) is 12.1 Å². The minimum Gasteiger partial charge on any atom is -0.481 e. The summed E-state index contributed by atoms with van der Waals surface area (Å²) < 4.78 is 0. The van der Waals surface area contributed by atoms with E-state index < -0.39 is 11.9 Å². The number of aliphatic carboxylic acids is 1. The van der Waals surface area contributed by atoms with Crippen LogP contribution in [0.2, 0.25) is 0 Å². The van der Waals surface area contributed by atoms with Gasteiger partial charge in [-0.3, -0.25) is 4.79 Å². The molecule has 0 spiro atoms. The number of benzene rings is 1. The topological polar surface area (TPSA) is 87.1 Å². The molecule has 0 radical (unpaired) electrons. The van der Waals surface area contributed by atoms with E-state index in [1.165, 1.54) is 0 Å². The first-order valence-corrected chi connectivity index (χ1v) is 4.95. The molecular formula is C12H14N2O2. The first kappa shape index (κ1) is 12.2. The molecule has 1 aromatic carbocycles. The van der Waals surface area contributed by atoms with E-state index >= 15 is 0 Å². The van der Waals surface area contributed by atoms with Gasteiger partial charge in [-0.1, -0.05) is 0 Å². The first-order valence-electron chi connectivity index (χ1n) is 4.95. The standard InChI is InChI=1S/C12H14N2O2/c1-7-3-9(5-13)4-10(8(7)2)11(6-14)12(15)16/h3-4,11H,6,14H2,1-2H3,(H,15,16). The van der Waals surface area contributed by atoms with Crippen molar-refractivity contribution >= 4 is 5.97 Å². The smallest absolute Gasteiger partial charge is 0.312 e. The van der Waals surface area contributed by atoms with Crippen LogP contribution in [0.25, 0.3) is 0 Å². The number of nitrogens with zero attached hydrogens (tertiary/aromatic N) is 1. The lowest BCUT2D eigenvalue weighted by atomic mass is 9.90. The highest BCUT2D eigenvalue weighted by Crippen LogP contribution is 2.23. The van der Waals surface area contributed by atoms with Crippen molar-refractivity contribution in [3.63, 3.8) is 0 Å². The van der Waals surface area contributed by atoms with Crippen LogP contribution in [0.5, 0.6) is 0 Å². The molecule has 0 saturated heterocycles. The highest BCUT2D eigenvalue weighted by atomic mass is 16.4. The lowest BCUT2D eigenvalue weighted by Crippen LogP contribution is -2.22. The molecule has 0 fully saturated rings. The van der Waals surface area contributed by atoms with Crippen molar-refractivity contribution in [2.24, 2.45) is 5.73 Å². The van der Waals surface area contributed by atoms with Crippen molar-refractivity contribution < 1.29 is 9.90 Å². The highest BCUT2D eigenvalue weighted by Gasteiger charge is 2.21. The van der Waals surface area contributed by atoms with Crippen LogP contribution in [0, 0.1) is 25.2 Å². The summed E-state index contributed by atoms with van der Waals surface area (Å²) in [5, 5.41) is 17.9. The molecule has 0 bridgehead atoms. The third kappa shape index (κ3) is 2.20. The Hall–Kier alpha value is -1.86. The van der Waals surface area contributed by atoms with Gasteiger partial charge in [0.1, 0.15) is 0 Å². The van der Waals surface area contributed by atoms with Crippen LogP contribution in [-0.4, -0.2) is 17.6 Å². The van der Waals surface area contributed by atoms with Gasteiger partial charge >= 0.3 is 5.97 Å². The fourth-order valence-electron chi connectivity index (χ4n) is 1.67. The molecule has 3 N–H and O–H groups in total. The Balaban J connectivity index is 3.37. The van der Waals surface area contributed by atoms with Gasteiger partial charge in [0.15, 0.2) is 0 Å². The minimum absolute atomic E-state index is 0.0322. The number of aryl methyl sites for hydroxylation is 1. The molecule has 0 heterocycles. The summed E-state index contributed by atoms with van der Waals surface area (Å²) in [6.07, 6.45) is 0. The van der Waals surface area contributed by atoms with Gasteiger partial charge in [0.05, 0.1) is 17.6 Å². The fraction of sp³-hybridized carbons (Fsp3) is 0.333. The highest BCUT2D eigenvalue weighted by molar-refractivity contribution is 5.77. The third-order valence-electron chi connectivity index (χ3n) is 2.75. The lowest BCUT2D eigenvalue weighted by molar-refractivity contribution is -0.138. The van der Waals surface area contributed by atoms with Gasteiger partial charge in [0.2, 0.25) is 0 Å². The van der Waals surface area contributed by atoms with Crippen LogP contribution in [0.1, 0.15) is 28.2 Å². The quantitative estimate of drug-likeness (QED) is 0.800. The summed E-state index contributed by atoms with van der Waals surface area (Å²) in [4.78, 5) is 11.0. The zero-order chi connectivity index (χ0) is 12.3. The molecule has 0 aliphatic carbocycles. The van der Waals surface area contributed by atoms with Crippen molar-refractivity contribution in [2.75, 3.05) is 6.54 Å². The summed E-state index contributed by atoms with van der Waals surface area (Å²) in [5.74, 6) is -1.70. The van der Waals surface area contributed by atoms with Gasteiger partial charge in [-0.2, -0.15) is 5.26 Å². The summed E-state index contributed by atoms with van der Waals surface area (Å²) in [6, 6.07) is 5.37. The molecule has 0 aliphatic heterocycles. The number of hydrogen-bond acceptors (Lipinski definition) is 3. The normalized spacial score (nSPS) is 11.9. The Morgan fingerprint density at radius 2 is 2.19 bits per heavy atom. The number of hydrogen-bond donors (Lipinski definition) is 2. The second-order valence-electron chi connectivity index (χ2n) is 3.75. The van der Waals surface area contributed by atoms with Gasteiger partial charge in [0.25, 0.3) is 0 Å². The number of carboxylic acids is 1. The van der Waals surface area contributed by atoms with Crippen molar-refractivity contribution in [3.8, 4) is 6.07 Å². The third-order valence-corrected chi connectivity index (χ3v) is 2.75. The van der Waals surface area contributed by atoms with Crippen LogP contribution in [-0.2, 0) is 4.79 Å². The Kier molecular flexibility index (Phi) is 3.64. The van der Waals surface area contributed by atoms with Gasteiger partial charge in [-0.05, 0) is 42.7 Å². The average molecular weight is 218 g/mol. The van der Waals surface area contributed by atoms with E-state index in [9.17, 15) is 4.79 Å². The second-order valence-corrected chi connectivity index (χ2v) is 3.75. The first-order chi connectivity index (χ1) is 7.51. The van der Waals surface area contributed by atoms with E-state index in [4.69, 9.17) is 16.1 Å². The molecule has 0 amide bonds. The zero-order valence-electron chi connectivity index (χ0n) is 9.32. The maximum Gasteiger partial charge on any atom is 0.312 e. The van der Waals surface area contributed by atoms with Gasteiger partial charge in [0, 0.05) is 6.54 Å². The Morgan fingerprint density at radius 1 is 1.56 bits per heavy atom. The molecule has 4 nitrogen and oxygen atoms in total. The summed E-state index contributed by atoms with van der Waals surface area (Å²) in [6.45, 7) is 3.73. The van der Waals surface area contributed by atoms with Gasteiger partial charge < -0.3 is 10.8 Å². The fourth-order valence-corrected chi connectivity index (χ4v) is 1.67. The largest absolute Gasteiger partial charge is 0.481 e. The van der Waals surface area contributed by atoms with Crippen molar-refractivity contribution in [1.82, 2.24) is 0 Å². The molecule has 1 aromatic rings. The predicted molar refractivity (Wildman–Crippen MR) is 60.1 cm³/mol. The number of nitrogens with two attached hydrogens (primary N) is 1. The predicted octanol–water partition coefficient (Wildman–Crippen LogP) is 1.30. The molecule has 4 heteroatoms. The summed E-state index contributed by atoms with van der Waals surface area (Å²) >= 11 is 0. The van der Waals surface area contributed by atoms with Crippen LogP contribution >= 0.6 is 0 Å². The maximum absolute atomic E-state index is 11.0. The van der Waals surface area contributed by atoms with Gasteiger partial charge in [-0.25, -0.2) is 0 Å². The summed E-state index contributed by atoms with van der Waals surface area (Å²) in [7, 11) is 0. The Morgan fingerprint density at radius 3 is 2.62 bits per heavy atom. The molecule has 0 aliphatic rings. The molecule has 0 saturated carbocycles. The molecule has 1 rings (SSSR count). The van der Waals surface area contributed by atoms with E-state index in [0.29, 0.717) is 11.1 Å². The second kappa shape index (κ2) is 4.77. The van der Waals surface area contributed by atoms with Crippen molar-refractivity contribution in [1.29, 1.82) is 5.26 Å². The van der Waals surface area contributed by atoms with E-state index in [1.54, 1.807) is 12.1 Å².